The van der Waals surface area contributed by atoms with Crippen molar-refractivity contribution in [2.45, 2.75) is 33.6 Å². The minimum absolute atomic E-state index is 1.10. The molecule has 2 heteroatoms. The van der Waals surface area contributed by atoms with E-state index in [1.54, 1.807) is 0 Å². The van der Waals surface area contributed by atoms with Crippen LogP contribution in [0.25, 0.3) is 0 Å². The van der Waals surface area contributed by atoms with E-state index in [9.17, 15) is 0 Å². The maximum atomic E-state index is 3.43. The normalized spacial score (nSPS) is 20.1. The molecule has 0 atom stereocenters. The lowest BCUT2D eigenvalue weighted by Crippen LogP contribution is -2.30. The standard InChI is InChI=1S/C12H22N2/c1-5-10(2)8-13-12-6-7-14(4)9-11(12)3/h8,13H,5-7,9H2,1-4H3. The highest BCUT2D eigenvalue weighted by Gasteiger charge is 2.11. The molecule has 0 saturated carbocycles. The summed E-state index contributed by atoms with van der Waals surface area (Å²) in [4.78, 5) is 2.36. The molecule has 0 unspecified atom stereocenters. The number of hydrogen-bond acceptors (Lipinski definition) is 2. The van der Waals surface area contributed by atoms with Crippen molar-refractivity contribution in [2.24, 2.45) is 0 Å². The first-order valence-electron chi connectivity index (χ1n) is 5.42. The van der Waals surface area contributed by atoms with E-state index in [1.807, 2.05) is 0 Å². The monoisotopic (exact) mass is 194 g/mol. The van der Waals surface area contributed by atoms with Crippen molar-refractivity contribution in [1.82, 2.24) is 10.2 Å². The van der Waals surface area contributed by atoms with Gasteiger partial charge in [-0.15, -0.1) is 0 Å². The Morgan fingerprint density at radius 2 is 2.29 bits per heavy atom. The SMILES string of the molecule is CCC(C)=CNC1=C(C)CN(C)CC1. The average Bonchev–Trinajstić information content (AvgIpc) is 2.16. The van der Waals surface area contributed by atoms with Crippen LogP contribution >= 0.6 is 0 Å². The van der Waals surface area contributed by atoms with Crippen molar-refractivity contribution >= 4 is 0 Å². The molecule has 80 valence electrons. The van der Waals surface area contributed by atoms with Crippen molar-refractivity contribution in [1.29, 1.82) is 0 Å². The van der Waals surface area contributed by atoms with E-state index in [-0.39, 0.29) is 0 Å². The van der Waals surface area contributed by atoms with Gasteiger partial charge in [0.1, 0.15) is 0 Å². The molecule has 14 heavy (non-hydrogen) atoms. The predicted octanol–water partition coefficient (Wildman–Crippen LogP) is 2.50. The Morgan fingerprint density at radius 3 is 2.86 bits per heavy atom. The van der Waals surface area contributed by atoms with Gasteiger partial charge in [-0.25, -0.2) is 0 Å². The molecule has 0 amide bonds. The Balaban J connectivity index is 2.56. The number of rotatable bonds is 3. The molecular weight excluding hydrogens is 172 g/mol. The van der Waals surface area contributed by atoms with Gasteiger partial charge in [-0.1, -0.05) is 12.5 Å². The summed E-state index contributed by atoms with van der Waals surface area (Å²) in [6.07, 6.45) is 4.42. The van der Waals surface area contributed by atoms with Crippen LogP contribution in [0.5, 0.6) is 0 Å². The van der Waals surface area contributed by atoms with Gasteiger partial charge in [0.25, 0.3) is 0 Å². The van der Waals surface area contributed by atoms with Gasteiger partial charge in [0.2, 0.25) is 0 Å². The molecule has 0 fully saturated rings. The molecule has 0 saturated heterocycles. The van der Waals surface area contributed by atoms with Crippen LogP contribution in [-0.2, 0) is 0 Å². The predicted molar refractivity (Wildman–Crippen MR) is 62.0 cm³/mol. The van der Waals surface area contributed by atoms with Crippen molar-refractivity contribution in [2.75, 3.05) is 20.1 Å². The van der Waals surface area contributed by atoms with E-state index in [0.717, 1.165) is 19.4 Å². The summed E-state index contributed by atoms with van der Waals surface area (Å²) in [5.74, 6) is 0. The molecular formula is C12H22N2. The second-order valence-corrected chi connectivity index (χ2v) is 4.24. The maximum absolute atomic E-state index is 3.43. The second-order valence-electron chi connectivity index (χ2n) is 4.24. The number of likely N-dealkylation sites (N-methyl/N-ethyl adjacent to an activating group) is 1. The maximum Gasteiger partial charge on any atom is 0.0207 e. The summed E-state index contributed by atoms with van der Waals surface area (Å²) in [5.41, 5.74) is 4.29. The molecule has 0 aliphatic carbocycles. The third-order valence-corrected chi connectivity index (χ3v) is 2.82. The van der Waals surface area contributed by atoms with Crippen molar-refractivity contribution < 1.29 is 0 Å². The Bertz CT molecular complexity index is 251. The molecule has 0 radical (unpaired) electrons. The van der Waals surface area contributed by atoms with Gasteiger partial charge >= 0.3 is 0 Å². The first kappa shape index (κ1) is 11.3. The van der Waals surface area contributed by atoms with E-state index in [0.29, 0.717) is 0 Å². The third-order valence-electron chi connectivity index (χ3n) is 2.82. The molecule has 0 bridgehead atoms. The largest absolute Gasteiger partial charge is 0.365 e. The van der Waals surface area contributed by atoms with Crippen LogP contribution in [0.4, 0.5) is 0 Å². The number of hydrogen-bond donors (Lipinski definition) is 1. The zero-order chi connectivity index (χ0) is 10.6. The minimum Gasteiger partial charge on any atom is -0.365 e. The Kier molecular flexibility index (Phi) is 4.21. The number of nitrogens with zero attached hydrogens (tertiary/aromatic N) is 1. The van der Waals surface area contributed by atoms with Crippen LogP contribution in [0.3, 0.4) is 0 Å². The summed E-state index contributed by atoms with van der Waals surface area (Å²) in [6.45, 7) is 8.83. The van der Waals surface area contributed by atoms with Crippen molar-refractivity contribution in [3.63, 3.8) is 0 Å². The number of nitrogens with one attached hydrogen (secondary N) is 1. The summed E-state index contributed by atoms with van der Waals surface area (Å²) in [7, 11) is 2.17. The molecule has 1 heterocycles. The van der Waals surface area contributed by atoms with Gasteiger partial charge in [0, 0.05) is 25.2 Å². The topological polar surface area (TPSA) is 15.3 Å². The van der Waals surface area contributed by atoms with Gasteiger partial charge in [-0.3, -0.25) is 0 Å². The van der Waals surface area contributed by atoms with Gasteiger partial charge < -0.3 is 10.2 Å². The molecule has 0 aromatic rings. The zero-order valence-corrected chi connectivity index (χ0v) is 9.85. The fourth-order valence-corrected chi connectivity index (χ4v) is 1.60. The second kappa shape index (κ2) is 5.20. The van der Waals surface area contributed by atoms with E-state index in [2.05, 4.69) is 44.2 Å². The number of allylic oxidation sites excluding steroid dienone is 1. The van der Waals surface area contributed by atoms with Crippen LogP contribution < -0.4 is 5.32 Å². The van der Waals surface area contributed by atoms with E-state index in [1.165, 1.54) is 23.4 Å². The van der Waals surface area contributed by atoms with Crippen LogP contribution in [0, 0.1) is 0 Å². The van der Waals surface area contributed by atoms with Gasteiger partial charge in [0.05, 0.1) is 0 Å². The van der Waals surface area contributed by atoms with Gasteiger partial charge in [-0.2, -0.15) is 0 Å². The highest BCUT2D eigenvalue weighted by molar-refractivity contribution is 5.18. The van der Waals surface area contributed by atoms with Crippen molar-refractivity contribution in [3.05, 3.63) is 23.0 Å². The molecule has 1 aliphatic heterocycles. The van der Waals surface area contributed by atoms with Crippen molar-refractivity contribution in [3.8, 4) is 0 Å². The molecule has 2 nitrogen and oxygen atoms in total. The minimum atomic E-state index is 1.10. The fraction of sp³-hybridized carbons (Fsp3) is 0.667. The molecule has 0 spiro atoms. The Hall–Kier alpha value is -0.760. The highest BCUT2D eigenvalue weighted by atomic mass is 15.1. The lowest BCUT2D eigenvalue weighted by molar-refractivity contribution is 0.344. The fourth-order valence-electron chi connectivity index (χ4n) is 1.60. The van der Waals surface area contributed by atoms with E-state index < -0.39 is 0 Å². The van der Waals surface area contributed by atoms with Crippen LogP contribution in [-0.4, -0.2) is 25.0 Å². The quantitative estimate of drug-likeness (QED) is 0.742. The summed E-state index contributed by atoms with van der Waals surface area (Å²) in [6, 6.07) is 0. The van der Waals surface area contributed by atoms with Gasteiger partial charge in [-0.05, 0) is 39.1 Å². The molecule has 0 aromatic heterocycles. The summed E-state index contributed by atoms with van der Waals surface area (Å²) < 4.78 is 0. The van der Waals surface area contributed by atoms with Crippen LogP contribution in [0.2, 0.25) is 0 Å². The molecule has 1 aliphatic rings. The third kappa shape index (κ3) is 3.18. The molecule has 0 aromatic carbocycles. The average molecular weight is 194 g/mol. The smallest absolute Gasteiger partial charge is 0.0207 e. The first-order valence-corrected chi connectivity index (χ1v) is 5.42. The van der Waals surface area contributed by atoms with Crippen LogP contribution in [0.15, 0.2) is 23.0 Å². The molecule has 1 rings (SSSR count). The van der Waals surface area contributed by atoms with E-state index >= 15 is 0 Å². The van der Waals surface area contributed by atoms with E-state index in [4.69, 9.17) is 0 Å². The lowest BCUT2D eigenvalue weighted by Gasteiger charge is -2.26. The highest BCUT2D eigenvalue weighted by Crippen LogP contribution is 2.14. The lowest BCUT2D eigenvalue weighted by atomic mass is 10.1. The Morgan fingerprint density at radius 1 is 1.57 bits per heavy atom. The summed E-state index contributed by atoms with van der Waals surface area (Å²) in [5, 5.41) is 3.43. The van der Waals surface area contributed by atoms with Gasteiger partial charge in [0.15, 0.2) is 0 Å². The molecule has 1 N–H and O–H groups in total. The Labute approximate surface area is 87.7 Å². The van der Waals surface area contributed by atoms with Crippen LogP contribution in [0.1, 0.15) is 33.6 Å². The zero-order valence-electron chi connectivity index (χ0n) is 9.85. The first-order chi connectivity index (χ1) is 6.63. The summed E-state index contributed by atoms with van der Waals surface area (Å²) >= 11 is 0.